The summed E-state index contributed by atoms with van der Waals surface area (Å²) in [6, 6.07) is -1.91. The molecular formula is C13H25N3O5. The summed E-state index contributed by atoms with van der Waals surface area (Å²) in [4.78, 5) is 35.8. The molecule has 2 amide bonds. The minimum Gasteiger partial charge on any atom is -0.480 e. The summed E-state index contributed by atoms with van der Waals surface area (Å²) in [6.45, 7) is 7.04. The van der Waals surface area contributed by atoms with Gasteiger partial charge in [-0.1, -0.05) is 13.8 Å². The molecule has 3 N–H and O–H groups in total. The second-order valence-electron chi connectivity index (χ2n) is 4.51. The van der Waals surface area contributed by atoms with Crippen LogP contribution in [-0.4, -0.2) is 67.3 Å². The average Bonchev–Trinajstić information content (AvgIpc) is 2.45. The van der Waals surface area contributed by atoms with Crippen LogP contribution in [0.15, 0.2) is 0 Å². The fraction of sp³-hybridized carbons (Fsp3) is 0.769. The first-order valence-corrected chi connectivity index (χ1v) is 7.00. The maximum Gasteiger partial charge on any atom is 0.326 e. The molecule has 0 fully saturated rings. The number of carboxylic acid groups (broad SMARTS) is 1. The third-order valence-electron chi connectivity index (χ3n) is 2.90. The van der Waals surface area contributed by atoms with Gasteiger partial charge in [-0.15, -0.1) is 0 Å². The number of hydrogen-bond acceptors (Lipinski definition) is 5. The number of aliphatic carboxylic acids is 1. The van der Waals surface area contributed by atoms with Gasteiger partial charge in [0.05, 0.1) is 13.5 Å². The van der Waals surface area contributed by atoms with Crippen LogP contribution in [0.2, 0.25) is 0 Å². The number of nitrogens with one attached hydrogen (secondary N) is 2. The minimum absolute atomic E-state index is 0.407. The lowest BCUT2D eigenvalue weighted by atomic mass is 10.2. The topological polar surface area (TPSA) is 108 Å². The van der Waals surface area contributed by atoms with Crippen molar-refractivity contribution < 1.29 is 24.2 Å². The van der Waals surface area contributed by atoms with Crippen molar-refractivity contribution in [2.75, 3.05) is 33.3 Å². The highest BCUT2D eigenvalue weighted by molar-refractivity contribution is 5.86. The van der Waals surface area contributed by atoms with Crippen molar-refractivity contribution in [3.05, 3.63) is 0 Å². The number of esters is 1. The van der Waals surface area contributed by atoms with Crippen LogP contribution in [0.4, 0.5) is 4.79 Å². The molecule has 0 aromatic rings. The molecule has 1 atom stereocenters. The summed E-state index contributed by atoms with van der Waals surface area (Å²) in [7, 11) is 1.16. The van der Waals surface area contributed by atoms with Gasteiger partial charge in [0.15, 0.2) is 0 Å². The van der Waals surface area contributed by atoms with E-state index in [9.17, 15) is 14.4 Å². The van der Waals surface area contributed by atoms with Crippen LogP contribution in [0, 0.1) is 0 Å². The number of ether oxygens (including phenoxy) is 1. The molecule has 0 aliphatic rings. The molecule has 0 saturated carbocycles. The van der Waals surface area contributed by atoms with E-state index in [0.29, 0.717) is 13.1 Å². The maximum absolute atomic E-state index is 11.6. The van der Waals surface area contributed by atoms with Gasteiger partial charge in [-0.05, 0) is 19.5 Å². The molecule has 0 aliphatic carbocycles. The van der Waals surface area contributed by atoms with E-state index in [1.165, 1.54) is 0 Å². The molecule has 0 aromatic heterocycles. The molecule has 0 saturated heterocycles. The van der Waals surface area contributed by atoms with Gasteiger partial charge in [0, 0.05) is 13.1 Å². The van der Waals surface area contributed by atoms with Crippen molar-refractivity contribution in [3.63, 3.8) is 0 Å². The lowest BCUT2D eigenvalue weighted by molar-refractivity contribution is -0.147. The number of nitrogens with zero attached hydrogens (tertiary/aromatic N) is 1. The average molecular weight is 303 g/mol. The standard InChI is InChI=1S/C13H25N3O5/c1-4-7-16(5-2)8-6-14-13(20)15-10(12(18)19)9-11(17)21-3/h10H,4-9H2,1-3H3,(H,18,19)(H2,14,15,20)/t10-/m0/s1. The first kappa shape index (κ1) is 19.2. The smallest absolute Gasteiger partial charge is 0.326 e. The van der Waals surface area contributed by atoms with E-state index in [1.54, 1.807) is 0 Å². The molecule has 0 aromatic carbocycles. The Kier molecular flexibility index (Phi) is 9.95. The normalized spacial score (nSPS) is 11.8. The molecule has 0 unspecified atom stereocenters. The molecule has 0 spiro atoms. The molecule has 8 nitrogen and oxygen atoms in total. The van der Waals surface area contributed by atoms with Gasteiger partial charge in [0.25, 0.3) is 0 Å². The number of carboxylic acids is 1. The van der Waals surface area contributed by atoms with E-state index in [0.717, 1.165) is 26.6 Å². The van der Waals surface area contributed by atoms with Gasteiger partial charge in [0.1, 0.15) is 6.04 Å². The molecule has 0 aliphatic heterocycles. The van der Waals surface area contributed by atoms with Crippen molar-refractivity contribution in [1.29, 1.82) is 0 Å². The Morgan fingerprint density at radius 1 is 1.24 bits per heavy atom. The number of methoxy groups -OCH3 is 1. The first-order valence-electron chi connectivity index (χ1n) is 7.00. The monoisotopic (exact) mass is 303 g/mol. The molecule has 0 rings (SSSR count). The van der Waals surface area contributed by atoms with Gasteiger partial charge < -0.3 is 25.4 Å². The fourth-order valence-corrected chi connectivity index (χ4v) is 1.73. The number of hydrogen-bond donors (Lipinski definition) is 3. The number of urea groups is 1. The fourth-order valence-electron chi connectivity index (χ4n) is 1.73. The van der Waals surface area contributed by atoms with Crippen LogP contribution in [0.1, 0.15) is 26.7 Å². The first-order chi connectivity index (χ1) is 9.94. The van der Waals surface area contributed by atoms with Gasteiger partial charge in [-0.3, -0.25) is 4.79 Å². The Labute approximate surface area is 124 Å². The zero-order valence-electron chi connectivity index (χ0n) is 12.8. The molecule has 122 valence electrons. The summed E-state index contributed by atoms with van der Waals surface area (Å²) < 4.78 is 4.39. The molecule has 0 radical (unpaired) electrons. The number of carbonyl (C=O) groups excluding carboxylic acids is 2. The van der Waals surface area contributed by atoms with Crippen molar-refractivity contribution in [2.24, 2.45) is 0 Å². The summed E-state index contributed by atoms with van der Waals surface area (Å²) in [5.41, 5.74) is 0. The maximum atomic E-state index is 11.6. The van der Waals surface area contributed by atoms with Crippen LogP contribution in [0.5, 0.6) is 0 Å². The van der Waals surface area contributed by atoms with Crippen LogP contribution in [0.25, 0.3) is 0 Å². The van der Waals surface area contributed by atoms with Crippen LogP contribution >= 0.6 is 0 Å². The Morgan fingerprint density at radius 3 is 2.38 bits per heavy atom. The second kappa shape index (κ2) is 10.9. The Balaban J connectivity index is 4.14. The zero-order valence-corrected chi connectivity index (χ0v) is 12.8. The van der Waals surface area contributed by atoms with E-state index in [2.05, 4.69) is 27.2 Å². The predicted octanol–water partition coefficient (Wildman–Crippen LogP) is 0.0338. The highest BCUT2D eigenvalue weighted by atomic mass is 16.5. The van der Waals surface area contributed by atoms with Crippen molar-refractivity contribution >= 4 is 18.0 Å². The van der Waals surface area contributed by atoms with Crippen molar-refractivity contribution in [1.82, 2.24) is 15.5 Å². The summed E-state index contributed by atoms with van der Waals surface area (Å²) >= 11 is 0. The number of likely N-dealkylation sites (N-methyl/N-ethyl adjacent to an activating group) is 1. The zero-order chi connectivity index (χ0) is 16.3. The third-order valence-corrected chi connectivity index (χ3v) is 2.90. The van der Waals surface area contributed by atoms with Crippen LogP contribution < -0.4 is 10.6 Å². The van der Waals surface area contributed by atoms with E-state index in [-0.39, 0.29) is 0 Å². The van der Waals surface area contributed by atoms with Crippen molar-refractivity contribution in [2.45, 2.75) is 32.7 Å². The number of carbonyl (C=O) groups is 3. The summed E-state index contributed by atoms with van der Waals surface area (Å²) in [6.07, 6.45) is 0.621. The summed E-state index contributed by atoms with van der Waals surface area (Å²) in [5, 5.41) is 13.7. The number of amides is 2. The van der Waals surface area contributed by atoms with Crippen LogP contribution in [-0.2, 0) is 14.3 Å². The van der Waals surface area contributed by atoms with Gasteiger partial charge in [-0.25, -0.2) is 9.59 Å². The van der Waals surface area contributed by atoms with E-state index >= 15 is 0 Å². The quantitative estimate of drug-likeness (QED) is 0.492. The predicted molar refractivity (Wildman–Crippen MR) is 77.0 cm³/mol. The third kappa shape index (κ3) is 8.85. The molecule has 0 bridgehead atoms. The van der Waals surface area contributed by atoms with E-state index in [4.69, 9.17) is 5.11 Å². The van der Waals surface area contributed by atoms with E-state index in [1.807, 2.05) is 6.92 Å². The highest BCUT2D eigenvalue weighted by Crippen LogP contribution is 1.95. The molecule has 21 heavy (non-hydrogen) atoms. The Bertz CT molecular complexity index is 349. The van der Waals surface area contributed by atoms with E-state index < -0.39 is 30.4 Å². The molecule has 8 heteroatoms. The van der Waals surface area contributed by atoms with Crippen LogP contribution in [0.3, 0.4) is 0 Å². The Morgan fingerprint density at radius 2 is 1.90 bits per heavy atom. The lowest BCUT2D eigenvalue weighted by Gasteiger charge is -2.20. The Hall–Kier alpha value is -1.83. The molecule has 0 heterocycles. The van der Waals surface area contributed by atoms with Gasteiger partial charge >= 0.3 is 18.0 Å². The minimum atomic E-state index is -1.30. The van der Waals surface area contributed by atoms with Gasteiger partial charge in [0.2, 0.25) is 0 Å². The second-order valence-corrected chi connectivity index (χ2v) is 4.51. The highest BCUT2D eigenvalue weighted by Gasteiger charge is 2.23. The van der Waals surface area contributed by atoms with Crippen molar-refractivity contribution in [3.8, 4) is 0 Å². The largest absolute Gasteiger partial charge is 0.480 e. The van der Waals surface area contributed by atoms with Gasteiger partial charge in [-0.2, -0.15) is 0 Å². The SMILES string of the molecule is CCCN(CC)CCNC(=O)N[C@@H](CC(=O)OC)C(=O)O. The summed E-state index contributed by atoms with van der Waals surface area (Å²) in [5.74, 6) is -1.97. The molecular weight excluding hydrogens is 278 g/mol. The number of rotatable bonds is 10. The lowest BCUT2D eigenvalue weighted by Crippen LogP contribution is -2.48.